The summed E-state index contributed by atoms with van der Waals surface area (Å²) in [4.78, 5) is 20.1. The van der Waals surface area contributed by atoms with Crippen LogP contribution in [0.1, 0.15) is 40.6 Å². The molecule has 3 rings (SSSR count). The van der Waals surface area contributed by atoms with Gasteiger partial charge in [0.25, 0.3) is 5.91 Å². The summed E-state index contributed by atoms with van der Waals surface area (Å²) in [6, 6.07) is 3.39. The number of aryl methyl sites for hydroxylation is 1. The van der Waals surface area contributed by atoms with E-state index in [4.69, 9.17) is 4.52 Å². The normalized spacial score (nSPS) is 14.5. The smallest absolute Gasteiger partial charge is 0.276 e. The Morgan fingerprint density at radius 1 is 1.39 bits per heavy atom. The third-order valence-corrected chi connectivity index (χ3v) is 2.78. The first kappa shape index (κ1) is 10.9. The molecule has 92 valence electrons. The lowest BCUT2D eigenvalue weighted by atomic mass is 10.2. The summed E-state index contributed by atoms with van der Waals surface area (Å²) >= 11 is 0. The van der Waals surface area contributed by atoms with Crippen LogP contribution < -0.4 is 5.32 Å². The second kappa shape index (κ2) is 4.21. The number of hydrogen-bond acceptors (Lipinski definition) is 5. The second-order valence-electron chi connectivity index (χ2n) is 4.39. The lowest BCUT2D eigenvalue weighted by Gasteiger charge is -2.02. The van der Waals surface area contributed by atoms with Crippen molar-refractivity contribution in [3.63, 3.8) is 0 Å². The average Bonchev–Trinajstić information content (AvgIpc) is 3.14. The molecule has 18 heavy (non-hydrogen) atoms. The van der Waals surface area contributed by atoms with Gasteiger partial charge in [-0.05, 0) is 25.8 Å². The lowest BCUT2D eigenvalue weighted by Crippen LogP contribution is -2.13. The Labute approximate surface area is 103 Å². The second-order valence-corrected chi connectivity index (χ2v) is 4.39. The van der Waals surface area contributed by atoms with Crippen LogP contribution in [0.15, 0.2) is 23.0 Å². The number of hydrogen-bond donors (Lipinski definition) is 1. The quantitative estimate of drug-likeness (QED) is 0.891. The van der Waals surface area contributed by atoms with Crippen LogP contribution in [-0.4, -0.2) is 21.0 Å². The SMILES string of the molecule is Cc1cc(NC(=O)c2cc(C3CC3)ncn2)on1. The Morgan fingerprint density at radius 2 is 2.22 bits per heavy atom. The molecule has 0 bridgehead atoms. The molecule has 6 nitrogen and oxygen atoms in total. The third kappa shape index (κ3) is 2.22. The predicted octanol–water partition coefficient (Wildman–Crippen LogP) is 1.90. The van der Waals surface area contributed by atoms with Crippen LogP contribution in [0, 0.1) is 6.92 Å². The van der Waals surface area contributed by atoms with Crippen LogP contribution in [0.3, 0.4) is 0 Å². The summed E-state index contributed by atoms with van der Waals surface area (Å²) in [5, 5.41) is 6.30. The van der Waals surface area contributed by atoms with Gasteiger partial charge < -0.3 is 4.52 Å². The van der Waals surface area contributed by atoms with Crippen LogP contribution in [0.5, 0.6) is 0 Å². The van der Waals surface area contributed by atoms with Crippen LogP contribution in [0.4, 0.5) is 5.88 Å². The zero-order valence-electron chi connectivity index (χ0n) is 9.88. The number of carbonyl (C=O) groups excluding carboxylic acids is 1. The van der Waals surface area contributed by atoms with E-state index in [9.17, 15) is 4.79 Å². The maximum atomic E-state index is 11.9. The monoisotopic (exact) mass is 244 g/mol. The minimum absolute atomic E-state index is 0.310. The topological polar surface area (TPSA) is 80.9 Å². The Hall–Kier alpha value is -2.24. The van der Waals surface area contributed by atoms with E-state index in [1.807, 2.05) is 0 Å². The molecule has 0 radical (unpaired) electrons. The molecule has 1 aliphatic carbocycles. The van der Waals surface area contributed by atoms with Gasteiger partial charge in [0.05, 0.1) is 5.69 Å². The number of amides is 1. The lowest BCUT2D eigenvalue weighted by molar-refractivity contribution is 0.101. The van der Waals surface area contributed by atoms with E-state index in [0.29, 0.717) is 23.2 Å². The summed E-state index contributed by atoms with van der Waals surface area (Å²) in [7, 11) is 0. The Morgan fingerprint density at radius 3 is 2.89 bits per heavy atom. The van der Waals surface area contributed by atoms with Gasteiger partial charge in [-0.1, -0.05) is 5.16 Å². The zero-order valence-corrected chi connectivity index (χ0v) is 9.88. The molecule has 0 saturated heterocycles. The van der Waals surface area contributed by atoms with E-state index in [1.165, 1.54) is 6.33 Å². The highest BCUT2D eigenvalue weighted by atomic mass is 16.5. The maximum Gasteiger partial charge on any atom is 0.276 e. The number of nitrogens with one attached hydrogen (secondary N) is 1. The van der Waals surface area contributed by atoms with E-state index < -0.39 is 0 Å². The average molecular weight is 244 g/mol. The van der Waals surface area contributed by atoms with Crippen molar-refractivity contribution >= 4 is 11.8 Å². The van der Waals surface area contributed by atoms with E-state index in [0.717, 1.165) is 18.5 Å². The van der Waals surface area contributed by atoms with Crippen LogP contribution >= 0.6 is 0 Å². The van der Waals surface area contributed by atoms with Crippen LogP contribution in [-0.2, 0) is 0 Å². The molecule has 2 aromatic rings. The number of nitrogens with zero attached hydrogens (tertiary/aromatic N) is 3. The summed E-state index contributed by atoms with van der Waals surface area (Å²) in [6.45, 7) is 1.79. The van der Waals surface area contributed by atoms with E-state index in [-0.39, 0.29) is 5.91 Å². The Kier molecular flexibility index (Phi) is 2.55. The van der Waals surface area contributed by atoms with Crippen molar-refractivity contribution in [3.05, 3.63) is 35.5 Å². The van der Waals surface area contributed by atoms with Gasteiger partial charge in [0.1, 0.15) is 12.0 Å². The van der Waals surface area contributed by atoms with Gasteiger partial charge in [0.15, 0.2) is 0 Å². The molecule has 0 unspecified atom stereocenters. The minimum atomic E-state index is -0.310. The van der Waals surface area contributed by atoms with Crippen molar-refractivity contribution in [2.45, 2.75) is 25.7 Å². The van der Waals surface area contributed by atoms with E-state index >= 15 is 0 Å². The molecule has 1 fully saturated rings. The fourth-order valence-corrected chi connectivity index (χ4v) is 1.70. The largest absolute Gasteiger partial charge is 0.338 e. The van der Waals surface area contributed by atoms with E-state index in [2.05, 4.69) is 20.4 Å². The van der Waals surface area contributed by atoms with Crippen molar-refractivity contribution < 1.29 is 9.32 Å². The zero-order chi connectivity index (χ0) is 12.5. The summed E-state index contributed by atoms with van der Waals surface area (Å²) in [6.07, 6.45) is 3.70. The molecule has 0 aliphatic heterocycles. The molecule has 1 saturated carbocycles. The maximum absolute atomic E-state index is 11.9. The molecular formula is C12H12N4O2. The van der Waals surface area contributed by atoms with Crippen LogP contribution in [0.2, 0.25) is 0 Å². The van der Waals surface area contributed by atoms with Crippen molar-refractivity contribution in [1.82, 2.24) is 15.1 Å². The molecular weight excluding hydrogens is 232 g/mol. The fraction of sp³-hybridized carbons (Fsp3) is 0.333. The van der Waals surface area contributed by atoms with Crippen molar-refractivity contribution in [1.29, 1.82) is 0 Å². The molecule has 1 amide bonds. The Balaban J connectivity index is 1.77. The standard InChI is InChI=1S/C12H12N4O2/c1-7-4-11(18-16-7)15-12(17)10-5-9(8-2-3-8)13-6-14-10/h4-6,8H,2-3H2,1H3,(H,15,17). The van der Waals surface area contributed by atoms with Crippen molar-refractivity contribution in [3.8, 4) is 0 Å². The van der Waals surface area contributed by atoms with Crippen molar-refractivity contribution in [2.75, 3.05) is 5.32 Å². The van der Waals surface area contributed by atoms with Gasteiger partial charge in [-0.3, -0.25) is 10.1 Å². The highest BCUT2D eigenvalue weighted by Gasteiger charge is 2.26. The van der Waals surface area contributed by atoms with Gasteiger partial charge in [-0.15, -0.1) is 0 Å². The number of rotatable bonds is 3. The molecule has 1 aliphatic rings. The van der Waals surface area contributed by atoms with Gasteiger partial charge >= 0.3 is 0 Å². The first-order valence-electron chi connectivity index (χ1n) is 5.79. The van der Waals surface area contributed by atoms with Crippen molar-refractivity contribution in [2.24, 2.45) is 0 Å². The molecule has 2 heterocycles. The molecule has 0 atom stereocenters. The molecule has 0 spiro atoms. The minimum Gasteiger partial charge on any atom is -0.338 e. The molecule has 0 aromatic carbocycles. The van der Waals surface area contributed by atoms with Gasteiger partial charge in [0.2, 0.25) is 5.88 Å². The highest BCUT2D eigenvalue weighted by molar-refractivity contribution is 6.02. The van der Waals surface area contributed by atoms with Crippen LogP contribution in [0.25, 0.3) is 0 Å². The molecule has 1 N–H and O–H groups in total. The summed E-state index contributed by atoms with van der Waals surface area (Å²) in [5.74, 6) is 0.506. The van der Waals surface area contributed by atoms with Gasteiger partial charge in [0, 0.05) is 17.7 Å². The molecule has 2 aromatic heterocycles. The first-order valence-corrected chi connectivity index (χ1v) is 5.79. The Bertz CT molecular complexity index is 589. The summed E-state index contributed by atoms with van der Waals surface area (Å²) < 4.78 is 4.92. The van der Waals surface area contributed by atoms with Gasteiger partial charge in [-0.2, -0.15) is 0 Å². The van der Waals surface area contributed by atoms with E-state index in [1.54, 1.807) is 19.1 Å². The van der Waals surface area contributed by atoms with Gasteiger partial charge in [-0.25, -0.2) is 9.97 Å². The third-order valence-electron chi connectivity index (χ3n) is 2.78. The number of carbonyl (C=O) groups is 1. The summed E-state index contributed by atoms with van der Waals surface area (Å²) in [5.41, 5.74) is 2.00. The fourth-order valence-electron chi connectivity index (χ4n) is 1.70. The first-order chi connectivity index (χ1) is 8.72. The molecule has 6 heteroatoms. The number of aromatic nitrogens is 3. The number of anilines is 1. The predicted molar refractivity (Wildman–Crippen MR) is 63.2 cm³/mol. The highest BCUT2D eigenvalue weighted by Crippen LogP contribution is 2.38.